The van der Waals surface area contributed by atoms with Crippen LogP contribution in [0.1, 0.15) is 53.4 Å². The molecule has 0 aromatic rings. The summed E-state index contributed by atoms with van der Waals surface area (Å²) in [4.78, 5) is 12.0. The predicted molar refractivity (Wildman–Crippen MR) is 82.1 cm³/mol. The average Bonchev–Trinajstić information content (AvgIpc) is 2.33. The Morgan fingerprint density at radius 3 is 2.62 bits per heavy atom. The van der Waals surface area contributed by atoms with E-state index in [1.54, 1.807) is 6.92 Å². The molecule has 3 N–H and O–H groups in total. The van der Waals surface area contributed by atoms with Crippen molar-refractivity contribution in [3.63, 3.8) is 0 Å². The van der Waals surface area contributed by atoms with Crippen molar-refractivity contribution < 1.29 is 14.6 Å². The molecule has 2 amide bonds. The molecule has 2 fully saturated rings. The fourth-order valence-corrected chi connectivity index (χ4v) is 3.31. The topological polar surface area (TPSA) is 70.6 Å². The Morgan fingerprint density at radius 2 is 2.14 bits per heavy atom. The minimum Gasteiger partial charge on any atom is -0.388 e. The van der Waals surface area contributed by atoms with Gasteiger partial charge in [0, 0.05) is 24.6 Å². The number of ether oxygens (including phenoxy) is 1. The Kier molecular flexibility index (Phi) is 4.83. The number of hydrogen-bond acceptors (Lipinski definition) is 3. The molecule has 2 saturated carbocycles. The number of carbonyl (C=O) groups is 1. The van der Waals surface area contributed by atoms with E-state index >= 15 is 0 Å². The first-order valence-corrected chi connectivity index (χ1v) is 8.20. The summed E-state index contributed by atoms with van der Waals surface area (Å²) in [7, 11) is 0. The molecule has 1 spiro atoms. The maximum Gasteiger partial charge on any atom is 0.315 e. The van der Waals surface area contributed by atoms with Gasteiger partial charge in [-0.2, -0.15) is 0 Å². The first kappa shape index (κ1) is 16.6. The van der Waals surface area contributed by atoms with E-state index in [1.807, 2.05) is 20.8 Å². The molecule has 0 radical (unpaired) electrons. The van der Waals surface area contributed by atoms with E-state index in [1.165, 1.54) is 6.42 Å². The van der Waals surface area contributed by atoms with Gasteiger partial charge in [-0.25, -0.2) is 4.79 Å². The molecule has 0 aromatic heterocycles. The molecule has 0 aliphatic heterocycles. The van der Waals surface area contributed by atoms with Crippen LogP contribution in [-0.2, 0) is 4.74 Å². The molecule has 5 nitrogen and oxygen atoms in total. The zero-order chi connectivity index (χ0) is 15.7. The van der Waals surface area contributed by atoms with Crippen molar-refractivity contribution in [2.45, 2.75) is 71.1 Å². The van der Waals surface area contributed by atoms with Crippen LogP contribution < -0.4 is 10.6 Å². The van der Waals surface area contributed by atoms with Gasteiger partial charge in [0.25, 0.3) is 0 Å². The third kappa shape index (κ3) is 3.19. The lowest BCUT2D eigenvalue weighted by Crippen LogP contribution is -2.68. The van der Waals surface area contributed by atoms with Gasteiger partial charge in [-0.1, -0.05) is 20.3 Å². The van der Waals surface area contributed by atoms with E-state index in [2.05, 4.69) is 10.6 Å². The van der Waals surface area contributed by atoms with Crippen LogP contribution in [0.3, 0.4) is 0 Å². The van der Waals surface area contributed by atoms with Crippen molar-refractivity contribution >= 4 is 6.03 Å². The molecule has 3 atom stereocenters. The smallest absolute Gasteiger partial charge is 0.315 e. The molecule has 5 heteroatoms. The minimum atomic E-state index is -0.876. The Hall–Kier alpha value is -0.810. The largest absolute Gasteiger partial charge is 0.388 e. The SMILES string of the molecule is CCOC1CC(NC(=O)NCC(C)(O)C(C)C)C12CCC2. The molecule has 2 aliphatic carbocycles. The van der Waals surface area contributed by atoms with Gasteiger partial charge in [0.05, 0.1) is 11.7 Å². The third-order valence-electron chi connectivity index (χ3n) is 5.59. The van der Waals surface area contributed by atoms with Gasteiger partial charge in [0.15, 0.2) is 0 Å². The Labute approximate surface area is 127 Å². The summed E-state index contributed by atoms with van der Waals surface area (Å²) < 4.78 is 5.78. The second kappa shape index (κ2) is 6.13. The number of nitrogens with one attached hydrogen (secondary N) is 2. The fraction of sp³-hybridized carbons (Fsp3) is 0.938. The summed E-state index contributed by atoms with van der Waals surface area (Å²) in [6.07, 6.45) is 4.73. The van der Waals surface area contributed by atoms with Crippen LogP contribution in [0.4, 0.5) is 4.79 Å². The van der Waals surface area contributed by atoms with Crippen LogP contribution in [0.5, 0.6) is 0 Å². The molecule has 0 heterocycles. The summed E-state index contributed by atoms with van der Waals surface area (Å²) in [5, 5.41) is 16.0. The summed E-state index contributed by atoms with van der Waals surface area (Å²) >= 11 is 0. The van der Waals surface area contributed by atoms with Crippen molar-refractivity contribution in [2.24, 2.45) is 11.3 Å². The van der Waals surface area contributed by atoms with Gasteiger partial charge in [-0.05, 0) is 39.0 Å². The lowest BCUT2D eigenvalue weighted by molar-refractivity contribution is -0.169. The van der Waals surface area contributed by atoms with E-state index < -0.39 is 5.60 Å². The zero-order valence-electron chi connectivity index (χ0n) is 13.7. The van der Waals surface area contributed by atoms with Gasteiger partial charge in [0.2, 0.25) is 0 Å². The number of rotatable bonds is 6. The number of urea groups is 1. The van der Waals surface area contributed by atoms with E-state index in [0.717, 1.165) is 25.9 Å². The highest BCUT2D eigenvalue weighted by Gasteiger charge is 2.59. The normalized spacial score (nSPS) is 29.4. The van der Waals surface area contributed by atoms with Gasteiger partial charge >= 0.3 is 6.03 Å². The standard InChI is InChI=1S/C16H30N2O3/c1-5-21-13-9-12(16(13)7-6-8-16)18-14(19)17-10-15(4,20)11(2)3/h11-13,20H,5-10H2,1-4H3,(H2,17,18,19). The highest BCUT2D eigenvalue weighted by Crippen LogP contribution is 2.57. The minimum absolute atomic E-state index is 0.0989. The molecule has 21 heavy (non-hydrogen) atoms. The molecule has 2 aliphatic rings. The molecular formula is C16H30N2O3. The monoisotopic (exact) mass is 298 g/mol. The van der Waals surface area contributed by atoms with Crippen LogP contribution in [0.2, 0.25) is 0 Å². The molecule has 122 valence electrons. The molecule has 0 aromatic carbocycles. The summed E-state index contributed by atoms with van der Waals surface area (Å²) in [5.74, 6) is 0.0989. The van der Waals surface area contributed by atoms with Crippen molar-refractivity contribution in [2.75, 3.05) is 13.2 Å². The van der Waals surface area contributed by atoms with Gasteiger partial charge in [0.1, 0.15) is 0 Å². The molecule has 3 unspecified atom stereocenters. The Morgan fingerprint density at radius 1 is 1.48 bits per heavy atom. The van der Waals surface area contributed by atoms with Crippen LogP contribution in [0.15, 0.2) is 0 Å². The number of amides is 2. The number of carbonyl (C=O) groups excluding carboxylic acids is 1. The quantitative estimate of drug-likeness (QED) is 0.703. The molecular weight excluding hydrogens is 268 g/mol. The predicted octanol–water partition coefficient (Wildman–Crippen LogP) is 2.04. The highest BCUT2D eigenvalue weighted by molar-refractivity contribution is 5.74. The van der Waals surface area contributed by atoms with Gasteiger partial charge in [-0.3, -0.25) is 0 Å². The summed E-state index contributed by atoms with van der Waals surface area (Å²) in [6.45, 7) is 8.67. The van der Waals surface area contributed by atoms with Crippen molar-refractivity contribution in [3.8, 4) is 0 Å². The molecule has 0 saturated heterocycles. The summed E-state index contributed by atoms with van der Waals surface area (Å²) in [6, 6.07) is 0.0361. The van der Waals surface area contributed by atoms with E-state index in [4.69, 9.17) is 4.74 Å². The fourth-order valence-electron chi connectivity index (χ4n) is 3.31. The van der Waals surface area contributed by atoms with E-state index in [0.29, 0.717) is 6.10 Å². The van der Waals surface area contributed by atoms with Crippen LogP contribution in [-0.4, -0.2) is 42.0 Å². The van der Waals surface area contributed by atoms with Crippen LogP contribution in [0.25, 0.3) is 0 Å². The second-order valence-electron chi connectivity index (χ2n) is 7.16. The second-order valence-corrected chi connectivity index (χ2v) is 7.16. The maximum atomic E-state index is 12.0. The van der Waals surface area contributed by atoms with Gasteiger partial charge in [-0.15, -0.1) is 0 Å². The maximum absolute atomic E-state index is 12.0. The Bertz CT molecular complexity index is 378. The zero-order valence-corrected chi connectivity index (χ0v) is 13.7. The highest BCUT2D eigenvalue weighted by atomic mass is 16.5. The van der Waals surface area contributed by atoms with Gasteiger partial charge < -0.3 is 20.5 Å². The number of hydrogen-bond donors (Lipinski definition) is 3. The van der Waals surface area contributed by atoms with Crippen molar-refractivity contribution in [1.29, 1.82) is 0 Å². The lowest BCUT2D eigenvalue weighted by atomic mass is 9.51. The molecule has 0 bridgehead atoms. The lowest BCUT2D eigenvalue weighted by Gasteiger charge is -2.60. The molecule has 2 rings (SSSR count). The number of aliphatic hydroxyl groups is 1. The Balaban J connectivity index is 1.79. The van der Waals surface area contributed by atoms with Crippen LogP contribution in [0, 0.1) is 11.3 Å². The first-order valence-electron chi connectivity index (χ1n) is 8.20. The first-order chi connectivity index (χ1) is 9.82. The average molecular weight is 298 g/mol. The van der Waals surface area contributed by atoms with Crippen LogP contribution >= 0.6 is 0 Å². The van der Waals surface area contributed by atoms with E-state index in [9.17, 15) is 9.90 Å². The van der Waals surface area contributed by atoms with Crippen molar-refractivity contribution in [1.82, 2.24) is 10.6 Å². The van der Waals surface area contributed by atoms with Crippen molar-refractivity contribution in [3.05, 3.63) is 0 Å². The van der Waals surface area contributed by atoms with E-state index in [-0.39, 0.29) is 30.0 Å². The third-order valence-corrected chi connectivity index (χ3v) is 5.59. The summed E-state index contributed by atoms with van der Waals surface area (Å²) in [5.41, 5.74) is -0.702.